The molecule has 106 valence electrons. The number of amides is 1. The van der Waals surface area contributed by atoms with Crippen molar-refractivity contribution in [2.45, 2.75) is 19.9 Å². The Labute approximate surface area is 128 Å². The quantitative estimate of drug-likeness (QED) is 0.812. The molecule has 5 heteroatoms. The number of terminal acetylenes is 1. The fraction of sp³-hybridized carbons (Fsp3) is 0.400. The smallest absolute Gasteiger partial charge is 0.246 e. The van der Waals surface area contributed by atoms with Crippen LogP contribution in [0.2, 0.25) is 0 Å². The van der Waals surface area contributed by atoms with Crippen LogP contribution in [0.3, 0.4) is 0 Å². The lowest BCUT2D eigenvalue weighted by Gasteiger charge is -2.23. The van der Waals surface area contributed by atoms with Gasteiger partial charge in [-0.2, -0.15) is 0 Å². The van der Waals surface area contributed by atoms with E-state index >= 15 is 0 Å². The second kappa shape index (κ2) is 6.29. The van der Waals surface area contributed by atoms with Crippen molar-refractivity contribution in [3.63, 3.8) is 0 Å². The molecule has 0 aromatic heterocycles. The molecule has 2 rings (SSSR count). The summed E-state index contributed by atoms with van der Waals surface area (Å²) in [6.07, 6.45) is 5.40. The van der Waals surface area contributed by atoms with Crippen molar-refractivity contribution in [1.29, 1.82) is 0 Å². The molecule has 0 aliphatic carbocycles. The number of halogens is 1. The average molecular weight is 336 g/mol. The summed E-state index contributed by atoms with van der Waals surface area (Å²) in [6, 6.07) is 3.70. The van der Waals surface area contributed by atoms with Gasteiger partial charge in [0.25, 0.3) is 0 Å². The van der Waals surface area contributed by atoms with Crippen molar-refractivity contribution in [2.75, 3.05) is 29.9 Å². The van der Waals surface area contributed by atoms with Gasteiger partial charge in [0.2, 0.25) is 5.91 Å². The minimum Gasteiger partial charge on any atom is -0.360 e. The Balaban J connectivity index is 2.40. The van der Waals surface area contributed by atoms with E-state index in [-0.39, 0.29) is 11.9 Å². The van der Waals surface area contributed by atoms with Crippen molar-refractivity contribution in [2.24, 2.45) is 0 Å². The number of carbonyl (C=O) groups excluding carboxylic acids is 1. The fourth-order valence-electron chi connectivity index (χ4n) is 2.40. The molecule has 0 radical (unpaired) electrons. The van der Waals surface area contributed by atoms with Gasteiger partial charge < -0.3 is 15.5 Å². The van der Waals surface area contributed by atoms with Crippen LogP contribution >= 0.6 is 15.9 Å². The molecular formula is C15H18BrN3O. The molecule has 20 heavy (non-hydrogen) atoms. The molecule has 1 aliphatic rings. The first kappa shape index (κ1) is 14.9. The van der Waals surface area contributed by atoms with Crippen LogP contribution in [0.5, 0.6) is 0 Å². The van der Waals surface area contributed by atoms with Gasteiger partial charge in [0.15, 0.2) is 0 Å². The van der Waals surface area contributed by atoms with Crippen molar-refractivity contribution in [3.8, 4) is 12.3 Å². The number of hydrogen-bond acceptors (Lipinski definition) is 3. The van der Waals surface area contributed by atoms with Crippen LogP contribution < -0.4 is 15.5 Å². The lowest BCUT2D eigenvalue weighted by Crippen LogP contribution is -2.27. The van der Waals surface area contributed by atoms with Crippen LogP contribution in [0.4, 0.5) is 11.4 Å². The largest absolute Gasteiger partial charge is 0.360 e. The number of carbonyl (C=O) groups is 1. The lowest BCUT2D eigenvalue weighted by atomic mass is 10.1. The molecule has 0 saturated carbocycles. The predicted octanol–water partition coefficient (Wildman–Crippen LogP) is 2.51. The summed E-state index contributed by atoms with van der Waals surface area (Å²) in [5, 5.41) is 6.11. The zero-order valence-corrected chi connectivity index (χ0v) is 13.3. The number of rotatable bonds is 5. The van der Waals surface area contributed by atoms with Crippen molar-refractivity contribution < 1.29 is 4.79 Å². The third kappa shape index (κ3) is 2.67. The Hall–Kier alpha value is -1.51. The monoisotopic (exact) mass is 335 g/mol. The fourth-order valence-corrected chi connectivity index (χ4v) is 3.01. The Bertz CT molecular complexity index is 565. The zero-order chi connectivity index (χ0) is 14.7. The highest BCUT2D eigenvalue weighted by molar-refractivity contribution is 9.10. The molecule has 1 heterocycles. The average Bonchev–Trinajstić information content (AvgIpc) is 2.72. The number of benzene rings is 1. The third-order valence-electron chi connectivity index (χ3n) is 3.36. The van der Waals surface area contributed by atoms with Gasteiger partial charge in [0.1, 0.15) is 6.04 Å². The number of likely N-dealkylation sites (N-methyl/N-ethyl adjacent to an activating group) is 1. The van der Waals surface area contributed by atoms with Gasteiger partial charge in [0.05, 0.1) is 12.2 Å². The molecule has 0 spiro atoms. The summed E-state index contributed by atoms with van der Waals surface area (Å²) in [4.78, 5) is 14.1. The van der Waals surface area contributed by atoms with Crippen LogP contribution in [0.15, 0.2) is 16.6 Å². The van der Waals surface area contributed by atoms with Gasteiger partial charge in [0, 0.05) is 22.3 Å². The van der Waals surface area contributed by atoms with E-state index in [1.54, 1.807) is 0 Å². The molecule has 2 N–H and O–H groups in total. The number of fused-ring (bicyclic) bond motifs is 1. The van der Waals surface area contributed by atoms with Gasteiger partial charge >= 0.3 is 0 Å². The molecule has 1 amide bonds. The first-order valence-corrected chi connectivity index (χ1v) is 7.47. The molecule has 1 aromatic carbocycles. The topological polar surface area (TPSA) is 44.4 Å². The molecule has 0 saturated heterocycles. The summed E-state index contributed by atoms with van der Waals surface area (Å²) in [7, 11) is 0. The summed E-state index contributed by atoms with van der Waals surface area (Å²) >= 11 is 3.58. The highest BCUT2D eigenvalue weighted by Gasteiger charge is 2.31. The maximum Gasteiger partial charge on any atom is 0.246 e. The lowest BCUT2D eigenvalue weighted by molar-refractivity contribution is -0.117. The van der Waals surface area contributed by atoms with Crippen molar-refractivity contribution >= 4 is 33.2 Å². The van der Waals surface area contributed by atoms with E-state index in [0.29, 0.717) is 6.54 Å². The first-order chi connectivity index (χ1) is 9.62. The van der Waals surface area contributed by atoms with Crippen LogP contribution in [0.25, 0.3) is 0 Å². The summed E-state index contributed by atoms with van der Waals surface area (Å²) < 4.78 is 0.952. The van der Waals surface area contributed by atoms with E-state index in [2.05, 4.69) is 44.3 Å². The molecule has 1 aromatic rings. The van der Waals surface area contributed by atoms with Gasteiger partial charge in [-0.05, 0) is 41.5 Å². The summed E-state index contributed by atoms with van der Waals surface area (Å²) in [5.74, 6) is 2.65. The molecule has 0 fully saturated rings. The van der Waals surface area contributed by atoms with E-state index in [1.807, 2.05) is 19.1 Å². The van der Waals surface area contributed by atoms with Crippen molar-refractivity contribution in [3.05, 3.63) is 22.2 Å². The van der Waals surface area contributed by atoms with E-state index in [4.69, 9.17) is 6.42 Å². The maximum atomic E-state index is 12.0. The number of hydrogen-bond donors (Lipinski definition) is 2. The first-order valence-electron chi connectivity index (χ1n) is 6.68. The Morgan fingerprint density at radius 3 is 2.85 bits per heavy atom. The third-order valence-corrected chi connectivity index (χ3v) is 4.00. The van der Waals surface area contributed by atoms with E-state index in [9.17, 15) is 4.79 Å². The van der Waals surface area contributed by atoms with Crippen LogP contribution in [-0.4, -0.2) is 25.5 Å². The summed E-state index contributed by atoms with van der Waals surface area (Å²) in [5.41, 5.74) is 2.83. The van der Waals surface area contributed by atoms with E-state index in [1.165, 1.54) is 0 Å². The maximum absolute atomic E-state index is 12.0. The number of nitrogens with zero attached hydrogens (tertiary/aromatic N) is 1. The Morgan fingerprint density at radius 2 is 2.25 bits per heavy atom. The number of anilines is 2. The minimum atomic E-state index is -0.275. The Kier molecular flexibility index (Phi) is 4.69. The highest BCUT2D eigenvalue weighted by Crippen LogP contribution is 2.38. The SMILES string of the molecule is C#CCN(CC)c1cc2c(cc1Br)C(NCC)C(=O)N2. The highest BCUT2D eigenvalue weighted by atomic mass is 79.9. The minimum absolute atomic E-state index is 0.00843. The molecule has 1 atom stereocenters. The second-order valence-electron chi connectivity index (χ2n) is 4.59. The predicted molar refractivity (Wildman–Crippen MR) is 85.9 cm³/mol. The van der Waals surface area contributed by atoms with Crippen molar-refractivity contribution in [1.82, 2.24) is 5.32 Å². The number of nitrogens with one attached hydrogen (secondary N) is 2. The zero-order valence-electron chi connectivity index (χ0n) is 11.7. The molecule has 1 unspecified atom stereocenters. The molecular weight excluding hydrogens is 318 g/mol. The van der Waals surface area contributed by atoms with E-state index < -0.39 is 0 Å². The van der Waals surface area contributed by atoms with E-state index in [0.717, 1.165) is 34.5 Å². The normalized spacial score (nSPS) is 16.5. The van der Waals surface area contributed by atoms with Gasteiger partial charge in [-0.25, -0.2) is 0 Å². The van der Waals surface area contributed by atoms with Crippen LogP contribution in [0.1, 0.15) is 25.5 Å². The van der Waals surface area contributed by atoms with Crippen LogP contribution in [0, 0.1) is 12.3 Å². The molecule has 4 nitrogen and oxygen atoms in total. The van der Waals surface area contributed by atoms with Crippen LogP contribution in [-0.2, 0) is 4.79 Å². The van der Waals surface area contributed by atoms with Gasteiger partial charge in [-0.1, -0.05) is 12.8 Å². The summed E-state index contributed by atoms with van der Waals surface area (Å²) in [6.45, 7) is 6.14. The van der Waals surface area contributed by atoms with Gasteiger partial charge in [-0.3, -0.25) is 4.79 Å². The van der Waals surface area contributed by atoms with Gasteiger partial charge in [-0.15, -0.1) is 6.42 Å². The molecule has 0 bridgehead atoms. The standard InChI is InChI=1S/C15H18BrN3O/c1-4-7-19(6-3)13-9-12-10(8-11(13)16)14(17-5-2)15(20)18-12/h1,8-9,14,17H,5-7H2,2-3H3,(H,18,20). The second-order valence-corrected chi connectivity index (χ2v) is 5.44. The Morgan fingerprint density at radius 1 is 1.50 bits per heavy atom. The molecule has 1 aliphatic heterocycles.